The molecule has 0 saturated heterocycles. The van der Waals surface area contributed by atoms with E-state index in [0.717, 1.165) is 0 Å². The molecule has 6 heavy (non-hydrogen) atoms. The molecule has 0 spiro atoms. The lowest BCUT2D eigenvalue weighted by molar-refractivity contribution is 1.00. The molecule has 0 saturated carbocycles. The Labute approximate surface area is 38.7 Å². The van der Waals surface area contributed by atoms with Gasteiger partial charge in [0.2, 0.25) is 0 Å². The lowest BCUT2D eigenvalue weighted by Gasteiger charge is -1.77. The molecule has 1 heteroatoms. The first kappa shape index (κ1) is 5.52. The van der Waals surface area contributed by atoms with Gasteiger partial charge in [-0.3, -0.25) is 0 Å². The summed E-state index contributed by atoms with van der Waals surface area (Å²) in [5.74, 6) is 5.49. The van der Waals surface area contributed by atoms with E-state index < -0.39 is 0 Å². The van der Waals surface area contributed by atoms with Gasteiger partial charge in [-0.1, -0.05) is 5.92 Å². The van der Waals surface area contributed by atoms with Crippen LogP contribution >= 0.6 is 0 Å². The molecule has 0 fully saturated rings. The number of nitrogens with one attached hydrogen (secondary N) is 1. The topological polar surface area (TPSA) is 12.0 Å². The Balaban J connectivity index is 2.79. The van der Waals surface area contributed by atoms with Gasteiger partial charge in [0, 0.05) is 7.05 Å². The Hall–Kier alpha value is -0.480. The average molecular weight is 82.1 g/mol. The zero-order valence-corrected chi connectivity index (χ0v) is 3.91. The number of hydrogen-bond donors (Lipinski definition) is 1. The molecule has 33 valence electrons. The van der Waals surface area contributed by atoms with Crippen molar-refractivity contribution >= 4 is 0 Å². The molecule has 0 aliphatic carbocycles. The Morgan fingerprint density at radius 3 is 2.67 bits per heavy atom. The van der Waals surface area contributed by atoms with Crippen LogP contribution in [0.15, 0.2) is 0 Å². The monoisotopic (exact) mass is 82.1 g/mol. The molecular weight excluding hydrogens is 74.1 g/mol. The highest BCUT2D eigenvalue weighted by Crippen LogP contribution is 1.48. The minimum atomic E-state index is 0.691. The van der Waals surface area contributed by atoms with Crippen LogP contribution in [0.25, 0.3) is 0 Å². The van der Waals surface area contributed by atoms with Crippen LogP contribution in [0.4, 0.5) is 0 Å². The second-order valence-electron chi connectivity index (χ2n) is 0.854. The summed E-state index contributed by atoms with van der Waals surface area (Å²) in [5, 5.41) is 2.64. The summed E-state index contributed by atoms with van der Waals surface area (Å²) in [7, 11) is 3.37. The maximum atomic E-state index is 3.37. The van der Waals surface area contributed by atoms with Crippen LogP contribution in [0.1, 0.15) is 6.92 Å². The van der Waals surface area contributed by atoms with Crippen molar-refractivity contribution < 1.29 is 0 Å². The fourth-order valence-corrected chi connectivity index (χ4v) is 0.151. The van der Waals surface area contributed by atoms with E-state index in [1.54, 1.807) is 6.92 Å². The van der Waals surface area contributed by atoms with Gasteiger partial charge in [-0.25, -0.2) is 0 Å². The maximum Gasteiger partial charge on any atom is 0.0576 e. The molecule has 0 amide bonds. The van der Waals surface area contributed by atoms with E-state index >= 15 is 0 Å². The zero-order valence-electron chi connectivity index (χ0n) is 3.91. The summed E-state index contributed by atoms with van der Waals surface area (Å²) in [5.41, 5.74) is 0. The Morgan fingerprint density at radius 1 is 1.83 bits per heavy atom. The first-order valence-corrected chi connectivity index (χ1v) is 1.81. The van der Waals surface area contributed by atoms with Crippen molar-refractivity contribution in [1.82, 2.24) is 5.32 Å². The van der Waals surface area contributed by atoms with Crippen molar-refractivity contribution in [2.45, 2.75) is 6.92 Å². The van der Waals surface area contributed by atoms with Crippen molar-refractivity contribution in [2.75, 3.05) is 6.54 Å². The molecular formula is C5H8N. The molecule has 0 aliphatic rings. The van der Waals surface area contributed by atoms with E-state index in [-0.39, 0.29) is 0 Å². The van der Waals surface area contributed by atoms with E-state index in [1.807, 2.05) is 0 Å². The molecule has 0 rings (SSSR count). The van der Waals surface area contributed by atoms with Gasteiger partial charge >= 0.3 is 0 Å². The Bertz CT molecular complexity index is 65.7. The second-order valence-corrected chi connectivity index (χ2v) is 0.854. The SMILES string of the molecule is [CH2]NCC#CC. The van der Waals surface area contributed by atoms with Gasteiger partial charge < -0.3 is 5.32 Å². The van der Waals surface area contributed by atoms with Crippen molar-refractivity contribution in [2.24, 2.45) is 0 Å². The van der Waals surface area contributed by atoms with Crippen LogP contribution in [0.3, 0.4) is 0 Å². The van der Waals surface area contributed by atoms with Gasteiger partial charge in [0.1, 0.15) is 0 Å². The summed E-state index contributed by atoms with van der Waals surface area (Å²) in [6.07, 6.45) is 0. The third kappa shape index (κ3) is 3.52. The fourth-order valence-electron chi connectivity index (χ4n) is 0.151. The molecule has 0 aliphatic heterocycles. The standard InChI is InChI=1S/C5H8N/c1-3-4-5-6-2/h6H,2,5H2,1H3. The molecule has 1 N–H and O–H groups in total. The lowest BCUT2D eigenvalue weighted by Crippen LogP contribution is -2.00. The molecule has 0 heterocycles. The highest BCUT2D eigenvalue weighted by Gasteiger charge is 1.59. The predicted octanol–water partition coefficient (Wildman–Crippen LogP) is 0.391. The predicted molar refractivity (Wildman–Crippen MR) is 26.8 cm³/mol. The summed E-state index contributed by atoms with van der Waals surface area (Å²) in [4.78, 5) is 0. The van der Waals surface area contributed by atoms with Gasteiger partial charge in [-0.05, 0) is 6.92 Å². The van der Waals surface area contributed by atoms with Gasteiger partial charge in [-0.2, -0.15) is 0 Å². The van der Waals surface area contributed by atoms with Crippen LogP contribution in [-0.4, -0.2) is 6.54 Å². The highest BCUT2D eigenvalue weighted by molar-refractivity contribution is 4.96. The van der Waals surface area contributed by atoms with Gasteiger partial charge in [-0.15, -0.1) is 5.92 Å². The van der Waals surface area contributed by atoms with Crippen molar-refractivity contribution in [1.29, 1.82) is 0 Å². The van der Waals surface area contributed by atoms with Crippen LogP contribution in [-0.2, 0) is 0 Å². The minimum Gasteiger partial charge on any atom is -0.305 e. The molecule has 0 unspecified atom stereocenters. The van der Waals surface area contributed by atoms with E-state index in [4.69, 9.17) is 0 Å². The van der Waals surface area contributed by atoms with E-state index in [0.29, 0.717) is 6.54 Å². The van der Waals surface area contributed by atoms with E-state index in [2.05, 4.69) is 24.2 Å². The van der Waals surface area contributed by atoms with Crippen LogP contribution < -0.4 is 5.32 Å². The first-order valence-electron chi connectivity index (χ1n) is 1.81. The fraction of sp³-hybridized carbons (Fsp3) is 0.400. The van der Waals surface area contributed by atoms with Gasteiger partial charge in [0.15, 0.2) is 0 Å². The van der Waals surface area contributed by atoms with Crippen LogP contribution in [0, 0.1) is 18.9 Å². The van der Waals surface area contributed by atoms with Crippen molar-refractivity contribution in [3.05, 3.63) is 7.05 Å². The molecule has 0 aromatic rings. The number of rotatable bonds is 1. The summed E-state index contributed by atoms with van der Waals surface area (Å²) in [6, 6.07) is 0. The average Bonchev–Trinajstić information content (AvgIpc) is 1.61. The first-order chi connectivity index (χ1) is 2.91. The number of hydrogen-bond acceptors (Lipinski definition) is 1. The summed E-state index contributed by atoms with van der Waals surface area (Å²) < 4.78 is 0. The molecule has 0 aromatic heterocycles. The normalized spacial score (nSPS) is 6.33. The molecule has 0 aromatic carbocycles. The van der Waals surface area contributed by atoms with Crippen LogP contribution in [0.5, 0.6) is 0 Å². The van der Waals surface area contributed by atoms with E-state index in [1.165, 1.54) is 0 Å². The zero-order chi connectivity index (χ0) is 4.83. The lowest BCUT2D eigenvalue weighted by atomic mass is 10.6. The highest BCUT2D eigenvalue weighted by atomic mass is 14.8. The summed E-state index contributed by atoms with van der Waals surface area (Å²) in [6.45, 7) is 2.49. The van der Waals surface area contributed by atoms with Crippen molar-refractivity contribution in [3.8, 4) is 11.8 Å². The Kier molecular flexibility index (Phi) is 4.16. The van der Waals surface area contributed by atoms with Gasteiger partial charge in [0.05, 0.1) is 6.54 Å². The third-order valence-electron chi connectivity index (χ3n) is 0.390. The minimum absolute atomic E-state index is 0.691. The van der Waals surface area contributed by atoms with E-state index in [9.17, 15) is 0 Å². The quantitative estimate of drug-likeness (QED) is 0.451. The summed E-state index contributed by atoms with van der Waals surface area (Å²) >= 11 is 0. The molecule has 0 bridgehead atoms. The van der Waals surface area contributed by atoms with Crippen molar-refractivity contribution in [3.63, 3.8) is 0 Å². The molecule has 0 atom stereocenters. The third-order valence-corrected chi connectivity index (χ3v) is 0.390. The largest absolute Gasteiger partial charge is 0.305 e. The maximum absolute atomic E-state index is 3.37. The van der Waals surface area contributed by atoms with Gasteiger partial charge in [0.25, 0.3) is 0 Å². The molecule has 1 nitrogen and oxygen atoms in total. The smallest absolute Gasteiger partial charge is 0.0576 e. The van der Waals surface area contributed by atoms with Crippen LogP contribution in [0.2, 0.25) is 0 Å². The second kappa shape index (κ2) is 4.52. The Morgan fingerprint density at radius 2 is 2.50 bits per heavy atom. The molecule has 1 radical (unpaired) electrons.